The summed E-state index contributed by atoms with van der Waals surface area (Å²) < 4.78 is 47.5. The summed E-state index contributed by atoms with van der Waals surface area (Å²) in [4.78, 5) is 0. The number of aromatic nitrogens is 3. The standard InChI is InChI=1S/C19H18ClF3N4O/c1-18(2,28-15-9-8-11(24)10-14(15)20)17-26-25-16(27(17)3)12-6-4-5-7-13(12)19(21,22)23/h4-10H,24H2,1-3H3. The summed E-state index contributed by atoms with van der Waals surface area (Å²) in [6.07, 6.45) is -4.51. The lowest BCUT2D eigenvalue weighted by Gasteiger charge is -2.26. The van der Waals surface area contributed by atoms with Crippen LogP contribution in [0.15, 0.2) is 42.5 Å². The van der Waals surface area contributed by atoms with E-state index < -0.39 is 17.3 Å². The molecule has 0 radical (unpaired) electrons. The molecule has 3 rings (SSSR count). The molecule has 1 aromatic heterocycles. The lowest BCUT2D eigenvalue weighted by molar-refractivity contribution is -0.137. The van der Waals surface area contributed by atoms with E-state index in [4.69, 9.17) is 22.1 Å². The summed E-state index contributed by atoms with van der Waals surface area (Å²) in [5.41, 5.74) is 4.31. The number of hydrogen-bond acceptors (Lipinski definition) is 4. The Labute approximate surface area is 164 Å². The second-order valence-electron chi connectivity index (χ2n) is 6.75. The molecule has 5 nitrogen and oxygen atoms in total. The van der Waals surface area contributed by atoms with Crippen LogP contribution in [-0.4, -0.2) is 14.8 Å². The molecule has 0 aliphatic carbocycles. The molecule has 2 N–H and O–H groups in total. The molecule has 1 heterocycles. The van der Waals surface area contributed by atoms with Crippen LogP contribution in [0.3, 0.4) is 0 Å². The second kappa shape index (κ2) is 7.01. The molecule has 0 aliphatic rings. The highest BCUT2D eigenvalue weighted by Crippen LogP contribution is 2.38. The minimum atomic E-state index is -4.51. The van der Waals surface area contributed by atoms with Gasteiger partial charge in [0.15, 0.2) is 17.2 Å². The zero-order valence-electron chi connectivity index (χ0n) is 15.4. The highest BCUT2D eigenvalue weighted by molar-refractivity contribution is 6.32. The maximum Gasteiger partial charge on any atom is 0.417 e. The summed E-state index contributed by atoms with van der Waals surface area (Å²) in [5.74, 6) is 0.802. The van der Waals surface area contributed by atoms with Gasteiger partial charge >= 0.3 is 6.18 Å². The molecule has 0 saturated carbocycles. The predicted molar refractivity (Wildman–Crippen MR) is 101 cm³/mol. The fraction of sp³-hybridized carbons (Fsp3) is 0.263. The Balaban J connectivity index is 2.01. The summed E-state index contributed by atoms with van der Waals surface area (Å²) in [7, 11) is 1.59. The number of hydrogen-bond donors (Lipinski definition) is 1. The van der Waals surface area contributed by atoms with Crippen LogP contribution < -0.4 is 10.5 Å². The first kappa shape index (κ1) is 20.0. The zero-order chi connectivity index (χ0) is 20.7. The van der Waals surface area contributed by atoms with Gasteiger partial charge in [-0.2, -0.15) is 13.2 Å². The number of benzene rings is 2. The molecule has 0 spiro atoms. The summed E-state index contributed by atoms with van der Waals surface area (Å²) >= 11 is 6.16. The minimum Gasteiger partial charge on any atom is -0.478 e. The van der Waals surface area contributed by atoms with Crippen molar-refractivity contribution in [1.29, 1.82) is 0 Å². The van der Waals surface area contributed by atoms with E-state index in [1.165, 1.54) is 22.8 Å². The Morgan fingerprint density at radius 2 is 1.75 bits per heavy atom. The Kier molecular flexibility index (Phi) is 5.01. The van der Waals surface area contributed by atoms with Crippen LogP contribution in [0.25, 0.3) is 11.4 Å². The molecule has 0 unspecified atom stereocenters. The molecule has 0 saturated heterocycles. The van der Waals surface area contributed by atoms with Gasteiger partial charge in [0, 0.05) is 18.3 Å². The van der Waals surface area contributed by atoms with Crippen LogP contribution in [0.4, 0.5) is 18.9 Å². The second-order valence-corrected chi connectivity index (χ2v) is 7.16. The number of nitrogens with two attached hydrogens (primary N) is 1. The smallest absolute Gasteiger partial charge is 0.417 e. The zero-order valence-corrected chi connectivity index (χ0v) is 16.1. The lowest BCUT2D eigenvalue weighted by atomic mass is 10.1. The third-order valence-corrected chi connectivity index (χ3v) is 4.50. The van der Waals surface area contributed by atoms with Gasteiger partial charge in [0.2, 0.25) is 0 Å². The van der Waals surface area contributed by atoms with Gasteiger partial charge in [0.1, 0.15) is 5.75 Å². The summed E-state index contributed by atoms with van der Waals surface area (Å²) in [6.45, 7) is 3.45. The van der Waals surface area contributed by atoms with E-state index in [2.05, 4.69) is 10.2 Å². The molecular weight excluding hydrogens is 393 g/mol. The molecular formula is C19H18ClF3N4O. The third kappa shape index (κ3) is 3.77. The van der Waals surface area contributed by atoms with Crippen LogP contribution in [-0.2, 0) is 18.8 Å². The first-order valence-electron chi connectivity index (χ1n) is 8.31. The van der Waals surface area contributed by atoms with E-state index in [1.807, 2.05) is 0 Å². The van der Waals surface area contributed by atoms with Crippen molar-refractivity contribution in [3.05, 3.63) is 58.9 Å². The summed E-state index contributed by atoms with van der Waals surface area (Å²) in [5, 5.41) is 8.39. The molecule has 28 heavy (non-hydrogen) atoms. The molecule has 148 valence electrons. The third-order valence-electron chi connectivity index (χ3n) is 4.21. The van der Waals surface area contributed by atoms with Gasteiger partial charge < -0.3 is 15.0 Å². The number of anilines is 1. The van der Waals surface area contributed by atoms with E-state index in [0.717, 1.165) is 6.07 Å². The van der Waals surface area contributed by atoms with Gasteiger partial charge in [-0.05, 0) is 38.1 Å². The Bertz CT molecular complexity index is 1010. The predicted octanol–water partition coefficient (Wildman–Crippen LogP) is 5.05. The normalized spacial score (nSPS) is 12.2. The van der Waals surface area contributed by atoms with Gasteiger partial charge in [-0.3, -0.25) is 0 Å². The molecule has 3 aromatic rings. The van der Waals surface area contributed by atoms with Gasteiger partial charge in [-0.25, -0.2) is 0 Å². The van der Waals surface area contributed by atoms with Crippen molar-refractivity contribution in [2.45, 2.75) is 25.6 Å². The van der Waals surface area contributed by atoms with E-state index in [0.29, 0.717) is 22.3 Å². The molecule has 0 amide bonds. The maximum atomic E-state index is 13.4. The lowest BCUT2D eigenvalue weighted by Crippen LogP contribution is -2.29. The number of ether oxygens (including phenoxy) is 1. The average molecular weight is 411 g/mol. The van der Waals surface area contributed by atoms with Crippen molar-refractivity contribution >= 4 is 17.3 Å². The van der Waals surface area contributed by atoms with Crippen molar-refractivity contribution in [3.8, 4) is 17.1 Å². The van der Waals surface area contributed by atoms with Crippen LogP contribution in [0.2, 0.25) is 5.02 Å². The Morgan fingerprint density at radius 3 is 2.39 bits per heavy atom. The van der Waals surface area contributed by atoms with Crippen LogP contribution >= 0.6 is 11.6 Å². The van der Waals surface area contributed by atoms with Crippen molar-refractivity contribution < 1.29 is 17.9 Å². The molecule has 0 atom stereocenters. The fourth-order valence-electron chi connectivity index (χ4n) is 2.93. The number of halogens is 4. The quantitative estimate of drug-likeness (QED) is 0.611. The average Bonchev–Trinajstić information content (AvgIpc) is 2.99. The van der Waals surface area contributed by atoms with Crippen LogP contribution in [0, 0.1) is 0 Å². The van der Waals surface area contributed by atoms with Crippen molar-refractivity contribution in [2.75, 3.05) is 5.73 Å². The van der Waals surface area contributed by atoms with Crippen molar-refractivity contribution in [1.82, 2.24) is 14.8 Å². The fourth-order valence-corrected chi connectivity index (χ4v) is 3.16. The first-order valence-corrected chi connectivity index (χ1v) is 8.69. The first-order chi connectivity index (χ1) is 13.0. The monoisotopic (exact) mass is 410 g/mol. The minimum absolute atomic E-state index is 0.0578. The van der Waals surface area contributed by atoms with E-state index >= 15 is 0 Å². The van der Waals surface area contributed by atoms with E-state index in [1.54, 1.807) is 39.1 Å². The number of alkyl halides is 3. The number of nitrogens with zero attached hydrogens (tertiary/aromatic N) is 3. The van der Waals surface area contributed by atoms with Crippen LogP contribution in [0.1, 0.15) is 25.2 Å². The van der Waals surface area contributed by atoms with Gasteiger partial charge in [-0.1, -0.05) is 29.8 Å². The van der Waals surface area contributed by atoms with Crippen molar-refractivity contribution in [2.24, 2.45) is 7.05 Å². The van der Waals surface area contributed by atoms with Crippen LogP contribution in [0.5, 0.6) is 5.75 Å². The maximum absolute atomic E-state index is 13.4. The summed E-state index contributed by atoms with van der Waals surface area (Å²) in [6, 6.07) is 10.0. The molecule has 2 aromatic carbocycles. The van der Waals surface area contributed by atoms with Gasteiger partial charge in [-0.15, -0.1) is 10.2 Å². The number of rotatable bonds is 4. The Hall–Kier alpha value is -2.74. The topological polar surface area (TPSA) is 66.0 Å². The largest absolute Gasteiger partial charge is 0.478 e. The van der Waals surface area contributed by atoms with Gasteiger partial charge in [0.05, 0.1) is 10.6 Å². The highest BCUT2D eigenvalue weighted by atomic mass is 35.5. The Morgan fingerprint density at radius 1 is 1.07 bits per heavy atom. The highest BCUT2D eigenvalue weighted by Gasteiger charge is 2.36. The SMILES string of the molecule is Cn1c(-c2ccccc2C(F)(F)F)nnc1C(C)(C)Oc1ccc(N)cc1Cl. The molecule has 9 heteroatoms. The van der Waals surface area contributed by atoms with Gasteiger partial charge in [0.25, 0.3) is 0 Å². The molecule has 0 aliphatic heterocycles. The molecule has 0 fully saturated rings. The van der Waals surface area contributed by atoms with Crippen molar-refractivity contribution in [3.63, 3.8) is 0 Å². The molecule has 0 bridgehead atoms. The van der Waals surface area contributed by atoms with E-state index in [9.17, 15) is 13.2 Å². The van der Waals surface area contributed by atoms with E-state index in [-0.39, 0.29) is 11.4 Å². The number of nitrogen functional groups attached to an aromatic ring is 1.